The minimum atomic E-state index is 0.0838. The van der Waals surface area contributed by atoms with E-state index in [1.165, 1.54) is 4.88 Å². The number of anilines is 1. The lowest BCUT2D eigenvalue weighted by molar-refractivity contribution is 0.281. The van der Waals surface area contributed by atoms with Crippen LogP contribution in [0, 0.1) is 6.92 Å². The number of nitrogens with zero attached hydrogens (tertiary/aromatic N) is 1. The Morgan fingerprint density at radius 2 is 2.55 bits per heavy atom. The molecular formula is C7H12N2OS. The van der Waals surface area contributed by atoms with Gasteiger partial charge in [0.15, 0.2) is 5.13 Å². The lowest BCUT2D eigenvalue weighted by Crippen LogP contribution is -2.18. The summed E-state index contributed by atoms with van der Waals surface area (Å²) in [5, 5.41) is 12.7. The second-order valence-electron chi connectivity index (χ2n) is 2.50. The molecule has 1 unspecified atom stereocenters. The number of rotatable bonds is 3. The van der Waals surface area contributed by atoms with E-state index in [2.05, 4.69) is 10.3 Å². The van der Waals surface area contributed by atoms with Gasteiger partial charge in [-0.25, -0.2) is 4.98 Å². The Bertz CT molecular complexity index is 224. The topological polar surface area (TPSA) is 45.2 Å². The Balaban J connectivity index is 2.50. The quantitative estimate of drug-likeness (QED) is 0.721. The number of aliphatic hydroxyl groups excluding tert-OH is 1. The molecule has 0 saturated carbocycles. The van der Waals surface area contributed by atoms with Gasteiger partial charge in [-0.3, -0.25) is 0 Å². The van der Waals surface area contributed by atoms with Gasteiger partial charge in [0.25, 0.3) is 0 Å². The van der Waals surface area contributed by atoms with Crippen LogP contribution in [0.1, 0.15) is 11.8 Å². The summed E-state index contributed by atoms with van der Waals surface area (Å²) in [5.74, 6) is 0. The van der Waals surface area contributed by atoms with Crippen LogP contribution in [0.15, 0.2) is 6.20 Å². The highest BCUT2D eigenvalue weighted by molar-refractivity contribution is 7.15. The van der Waals surface area contributed by atoms with Gasteiger partial charge in [0.05, 0.1) is 6.61 Å². The highest BCUT2D eigenvalue weighted by Crippen LogP contribution is 2.16. The average Bonchev–Trinajstić information content (AvgIpc) is 2.35. The Kier molecular flexibility index (Phi) is 2.84. The maximum Gasteiger partial charge on any atom is 0.183 e. The molecule has 0 spiro atoms. The molecule has 0 fully saturated rings. The monoisotopic (exact) mass is 172 g/mol. The van der Waals surface area contributed by atoms with Crippen molar-refractivity contribution in [1.82, 2.24) is 4.98 Å². The Hall–Kier alpha value is -0.610. The smallest absolute Gasteiger partial charge is 0.183 e. The largest absolute Gasteiger partial charge is 0.394 e. The molecule has 0 radical (unpaired) electrons. The third-order valence-corrected chi connectivity index (χ3v) is 2.11. The van der Waals surface area contributed by atoms with Crippen LogP contribution in [0.5, 0.6) is 0 Å². The first-order chi connectivity index (χ1) is 5.22. The van der Waals surface area contributed by atoms with Gasteiger partial charge >= 0.3 is 0 Å². The van der Waals surface area contributed by atoms with Gasteiger partial charge in [0.1, 0.15) is 0 Å². The molecule has 2 N–H and O–H groups in total. The molecule has 1 rings (SSSR count). The fourth-order valence-corrected chi connectivity index (χ4v) is 1.45. The molecule has 0 bridgehead atoms. The fraction of sp³-hybridized carbons (Fsp3) is 0.571. The van der Waals surface area contributed by atoms with Crippen LogP contribution in [0.3, 0.4) is 0 Å². The molecule has 0 aliphatic carbocycles. The lowest BCUT2D eigenvalue weighted by atomic mass is 10.4. The summed E-state index contributed by atoms with van der Waals surface area (Å²) < 4.78 is 0. The molecule has 0 amide bonds. The first-order valence-corrected chi connectivity index (χ1v) is 4.34. The van der Waals surface area contributed by atoms with Crippen LogP contribution in [-0.4, -0.2) is 22.7 Å². The van der Waals surface area contributed by atoms with E-state index in [4.69, 9.17) is 5.11 Å². The van der Waals surface area contributed by atoms with Crippen molar-refractivity contribution in [2.45, 2.75) is 19.9 Å². The zero-order chi connectivity index (χ0) is 8.27. The maximum atomic E-state index is 8.72. The van der Waals surface area contributed by atoms with Gasteiger partial charge in [-0.1, -0.05) is 0 Å². The third-order valence-electron chi connectivity index (χ3n) is 1.27. The van der Waals surface area contributed by atoms with Crippen molar-refractivity contribution in [2.75, 3.05) is 11.9 Å². The number of aliphatic hydroxyl groups is 1. The summed E-state index contributed by atoms with van der Waals surface area (Å²) in [6.45, 7) is 4.06. The number of aromatic nitrogens is 1. The highest BCUT2D eigenvalue weighted by Gasteiger charge is 2.01. The van der Waals surface area contributed by atoms with E-state index < -0.39 is 0 Å². The third kappa shape index (κ3) is 2.48. The molecule has 0 saturated heterocycles. The standard InChI is InChI=1S/C7H12N2OS/c1-5(4-10)9-7-8-3-6(2)11-7/h3,5,10H,4H2,1-2H3,(H,8,9). The molecule has 3 nitrogen and oxygen atoms in total. The minimum Gasteiger partial charge on any atom is -0.394 e. The molecule has 1 heterocycles. The first kappa shape index (κ1) is 8.49. The van der Waals surface area contributed by atoms with Crippen molar-refractivity contribution in [1.29, 1.82) is 0 Å². The summed E-state index contributed by atoms with van der Waals surface area (Å²) in [7, 11) is 0. The number of hydrogen-bond acceptors (Lipinski definition) is 4. The van der Waals surface area contributed by atoms with Gasteiger partial charge in [-0.05, 0) is 13.8 Å². The van der Waals surface area contributed by atoms with Crippen LogP contribution in [0.4, 0.5) is 5.13 Å². The van der Waals surface area contributed by atoms with Gasteiger partial charge < -0.3 is 10.4 Å². The first-order valence-electron chi connectivity index (χ1n) is 3.52. The molecule has 0 aliphatic rings. The van der Waals surface area contributed by atoms with E-state index in [1.807, 2.05) is 20.0 Å². The van der Waals surface area contributed by atoms with Gasteiger partial charge in [0, 0.05) is 17.1 Å². The van der Waals surface area contributed by atoms with E-state index >= 15 is 0 Å². The molecule has 0 aliphatic heterocycles. The summed E-state index contributed by atoms with van der Waals surface area (Å²) in [6, 6.07) is 0.0838. The van der Waals surface area contributed by atoms with Crippen molar-refractivity contribution >= 4 is 16.5 Å². The predicted molar refractivity (Wildman–Crippen MR) is 47.0 cm³/mol. The number of thiazole rings is 1. The van der Waals surface area contributed by atoms with E-state index in [0.717, 1.165) is 5.13 Å². The SMILES string of the molecule is Cc1cnc(NC(C)CO)s1. The predicted octanol–water partition coefficient (Wildman–Crippen LogP) is 1.24. The van der Waals surface area contributed by atoms with Crippen LogP contribution in [-0.2, 0) is 0 Å². The number of hydrogen-bond donors (Lipinski definition) is 2. The summed E-state index contributed by atoms with van der Waals surface area (Å²) in [5.41, 5.74) is 0. The normalized spacial score (nSPS) is 13.0. The summed E-state index contributed by atoms with van der Waals surface area (Å²) >= 11 is 1.60. The van der Waals surface area contributed by atoms with Crippen LogP contribution in [0.2, 0.25) is 0 Å². The van der Waals surface area contributed by atoms with E-state index in [1.54, 1.807) is 11.3 Å². The van der Waals surface area contributed by atoms with Crippen molar-refractivity contribution in [3.8, 4) is 0 Å². The average molecular weight is 172 g/mol. The number of nitrogens with one attached hydrogen (secondary N) is 1. The van der Waals surface area contributed by atoms with Crippen molar-refractivity contribution in [2.24, 2.45) is 0 Å². The van der Waals surface area contributed by atoms with Gasteiger partial charge in [-0.15, -0.1) is 11.3 Å². The second-order valence-corrected chi connectivity index (χ2v) is 3.74. The molecule has 1 aromatic heterocycles. The number of aryl methyl sites for hydroxylation is 1. The molecule has 4 heteroatoms. The Labute approximate surface area is 70.1 Å². The molecule has 1 atom stereocenters. The zero-order valence-corrected chi connectivity index (χ0v) is 7.48. The molecular weight excluding hydrogens is 160 g/mol. The van der Waals surface area contributed by atoms with Crippen molar-refractivity contribution in [3.05, 3.63) is 11.1 Å². The highest BCUT2D eigenvalue weighted by atomic mass is 32.1. The summed E-state index contributed by atoms with van der Waals surface area (Å²) in [4.78, 5) is 5.28. The molecule has 11 heavy (non-hydrogen) atoms. The minimum absolute atomic E-state index is 0.0838. The second kappa shape index (κ2) is 3.69. The Morgan fingerprint density at radius 3 is 3.00 bits per heavy atom. The van der Waals surface area contributed by atoms with Gasteiger partial charge in [-0.2, -0.15) is 0 Å². The van der Waals surface area contributed by atoms with Crippen molar-refractivity contribution in [3.63, 3.8) is 0 Å². The Morgan fingerprint density at radius 1 is 1.82 bits per heavy atom. The molecule has 0 aromatic carbocycles. The van der Waals surface area contributed by atoms with Crippen LogP contribution < -0.4 is 5.32 Å². The molecule has 1 aromatic rings. The van der Waals surface area contributed by atoms with Crippen LogP contribution >= 0.6 is 11.3 Å². The lowest BCUT2D eigenvalue weighted by Gasteiger charge is -2.07. The fourth-order valence-electron chi connectivity index (χ4n) is 0.678. The van der Waals surface area contributed by atoms with E-state index in [0.29, 0.717) is 0 Å². The zero-order valence-electron chi connectivity index (χ0n) is 6.66. The van der Waals surface area contributed by atoms with E-state index in [9.17, 15) is 0 Å². The van der Waals surface area contributed by atoms with Gasteiger partial charge in [0.2, 0.25) is 0 Å². The maximum absolute atomic E-state index is 8.72. The molecule has 62 valence electrons. The van der Waals surface area contributed by atoms with Crippen molar-refractivity contribution < 1.29 is 5.11 Å². The van der Waals surface area contributed by atoms with E-state index in [-0.39, 0.29) is 12.6 Å². The summed E-state index contributed by atoms with van der Waals surface area (Å²) in [6.07, 6.45) is 1.82. The van der Waals surface area contributed by atoms with Crippen LogP contribution in [0.25, 0.3) is 0 Å².